The molecule has 0 radical (unpaired) electrons. The first-order valence-corrected chi connectivity index (χ1v) is 7.23. The van der Waals surface area contributed by atoms with Crippen LogP contribution in [-0.4, -0.2) is 23.5 Å². The van der Waals surface area contributed by atoms with E-state index >= 15 is 0 Å². The highest BCUT2D eigenvalue weighted by molar-refractivity contribution is 9.10. The maximum atomic E-state index is 8.78. The first-order valence-electron chi connectivity index (χ1n) is 5.38. The minimum Gasteiger partial charge on any atom is -0.396 e. The van der Waals surface area contributed by atoms with Crippen LogP contribution in [0.2, 0.25) is 0 Å². The van der Waals surface area contributed by atoms with Crippen molar-refractivity contribution in [3.8, 4) is 0 Å². The number of hydrogen-bond acceptors (Lipinski definition) is 3. The van der Waals surface area contributed by atoms with Crippen LogP contribution in [0, 0.1) is 0 Å². The summed E-state index contributed by atoms with van der Waals surface area (Å²) in [6.07, 6.45) is 0.821. The second-order valence-corrected chi connectivity index (χ2v) is 5.95. The molecule has 16 heavy (non-hydrogen) atoms. The van der Waals surface area contributed by atoms with Crippen molar-refractivity contribution < 1.29 is 5.11 Å². The Labute approximate surface area is 110 Å². The maximum absolute atomic E-state index is 8.78. The molecule has 90 valence electrons. The molecule has 1 aromatic rings. The molecule has 0 spiro atoms. The van der Waals surface area contributed by atoms with Crippen LogP contribution < -0.4 is 5.73 Å². The van der Waals surface area contributed by atoms with E-state index in [1.54, 1.807) is 0 Å². The zero-order valence-electron chi connectivity index (χ0n) is 9.40. The molecule has 0 saturated carbocycles. The molecular weight excluding hydrogens is 286 g/mol. The van der Waals surface area contributed by atoms with Crippen LogP contribution in [-0.2, 0) is 0 Å². The van der Waals surface area contributed by atoms with Crippen molar-refractivity contribution in [1.82, 2.24) is 0 Å². The average Bonchev–Trinajstić information content (AvgIpc) is 2.24. The zero-order chi connectivity index (χ0) is 12.0. The second kappa shape index (κ2) is 7.33. The van der Waals surface area contributed by atoms with Gasteiger partial charge in [-0.3, -0.25) is 0 Å². The Balaban J connectivity index is 2.69. The van der Waals surface area contributed by atoms with Crippen molar-refractivity contribution in [3.05, 3.63) is 34.3 Å². The summed E-state index contributed by atoms with van der Waals surface area (Å²) in [4.78, 5) is 0. The third kappa shape index (κ3) is 4.45. The number of aliphatic hydroxyl groups excluding tert-OH is 1. The van der Waals surface area contributed by atoms with E-state index in [2.05, 4.69) is 28.1 Å². The average molecular weight is 304 g/mol. The lowest BCUT2D eigenvalue weighted by Gasteiger charge is -2.21. The van der Waals surface area contributed by atoms with Gasteiger partial charge < -0.3 is 10.8 Å². The van der Waals surface area contributed by atoms with Crippen LogP contribution in [0.1, 0.15) is 24.2 Å². The van der Waals surface area contributed by atoms with Gasteiger partial charge in [-0.15, -0.1) is 0 Å². The number of rotatable bonds is 6. The van der Waals surface area contributed by atoms with Crippen molar-refractivity contribution in [3.63, 3.8) is 0 Å². The van der Waals surface area contributed by atoms with Gasteiger partial charge in [0.2, 0.25) is 0 Å². The molecule has 0 aliphatic carbocycles. The summed E-state index contributed by atoms with van der Waals surface area (Å²) in [6, 6.07) is 8.37. The Kier molecular flexibility index (Phi) is 6.43. The van der Waals surface area contributed by atoms with Gasteiger partial charge >= 0.3 is 0 Å². The highest BCUT2D eigenvalue weighted by Gasteiger charge is 2.16. The third-order valence-corrected chi connectivity index (χ3v) is 4.33. The van der Waals surface area contributed by atoms with Crippen LogP contribution in [0.3, 0.4) is 0 Å². The van der Waals surface area contributed by atoms with Crippen molar-refractivity contribution in [2.45, 2.75) is 24.6 Å². The van der Waals surface area contributed by atoms with Gasteiger partial charge in [0, 0.05) is 22.4 Å². The second-order valence-electron chi connectivity index (χ2n) is 3.78. The Bertz CT molecular complexity index is 320. The van der Waals surface area contributed by atoms with E-state index in [0.29, 0.717) is 5.25 Å². The standard InChI is InChI=1S/C12H18BrNOS/c1-9(14)12(16-7-3-6-15)10-4-2-5-11(13)8-10/h2,4-5,8-9,12,15H,3,6-7,14H2,1H3. The van der Waals surface area contributed by atoms with Crippen molar-refractivity contribution in [2.24, 2.45) is 5.73 Å². The number of benzene rings is 1. The van der Waals surface area contributed by atoms with E-state index in [9.17, 15) is 0 Å². The van der Waals surface area contributed by atoms with E-state index < -0.39 is 0 Å². The molecule has 2 unspecified atom stereocenters. The van der Waals surface area contributed by atoms with Gasteiger partial charge in [0.25, 0.3) is 0 Å². The Morgan fingerprint density at radius 3 is 2.81 bits per heavy atom. The first kappa shape index (κ1) is 14.0. The molecule has 3 N–H and O–H groups in total. The molecule has 0 fully saturated rings. The fourth-order valence-corrected chi connectivity index (χ4v) is 3.12. The Hall–Kier alpha value is -0.0300. The number of halogens is 1. The molecule has 0 heterocycles. The van der Waals surface area contributed by atoms with E-state index in [1.165, 1.54) is 5.56 Å². The minimum atomic E-state index is 0.109. The van der Waals surface area contributed by atoms with Crippen molar-refractivity contribution in [2.75, 3.05) is 12.4 Å². The van der Waals surface area contributed by atoms with Gasteiger partial charge in [0.15, 0.2) is 0 Å². The summed E-state index contributed by atoms with van der Waals surface area (Å²) < 4.78 is 1.08. The van der Waals surface area contributed by atoms with Gasteiger partial charge in [-0.2, -0.15) is 11.8 Å². The van der Waals surface area contributed by atoms with E-state index in [0.717, 1.165) is 16.6 Å². The summed E-state index contributed by atoms with van der Waals surface area (Å²) in [6.45, 7) is 2.27. The lowest BCUT2D eigenvalue weighted by molar-refractivity contribution is 0.296. The van der Waals surface area contributed by atoms with Gasteiger partial charge in [-0.05, 0) is 36.8 Å². The predicted molar refractivity (Wildman–Crippen MR) is 74.7 cm³/mol. The van der Waals surface area contributed by atoms with E-state index in [-0.39, 0.29) is 12.6 Å². The maximum Gasteiger partial charge on any atom is 0.0446 e. The fraction of sp³-hybridized carbons (Fsp3) is 0.500. The van der Waals surface area contributed by atoms with Crippen LogP contribution in [0.5, 0.6) is 0 Å². The summed E-state index contributed by atoms with van der Waals surface area (Å²) in [5, 5.41) is 9.08. The largest absolute Gasteiger partial charge is 0.396 e. The molecule has 0 saturated heterocycles. The molecular formula is C12H18BrNOS. The van der Waals surface area contributed by atoms with Crippen LogP contribution in [0.25, 0.3) is 0 Å². The summed E-state index contributed by atoms with van der Waals surface area (Å²) in [5.74, 6) is 0.940. The lowest BCUT2D eigenvalue weighted by Crippen LogP contribution is -2.23. The summed E-state index contributed by atoms with van der Waals surface area (Å²) in [5.41, 5.74) is 7.25. The molecule has 2 nitrogen and oxygen atoms in total. The van der Waals surface area contributed by atoms with Crippen molar-refractivity contribution >= 4 is 27.7 Å². The molecule has 0 aliphatic rings. The van der Waals surface area contributed by atoms with Gasteiger partial charge in [0.1, 0.15) is 0 Å². The molecule has 2 atom stereocenters. The van der Waals surface area contributed by atoms with Crippen LogP contribution in [0.15, 0.2) is 28.7 Å². The number of thioether (sulfide) groups is 1. The molecule has 4 heteroatoms. The normalized spacial score (nSPS) is 14.8. The van der Waals surface area contributed by atoms with E-state index in [1.807, 2.05) is 30.8 Å². The van der Waals surface area contributed by atoms with E-state index in [4.69, 9.17) is 10.8 Å². The third-order valence-electron chi connectivity index (χ3n) is 2.25. The fourth-order valence-electron chi connectivity index (χ4n) is 1.51. The monoisotopic (exact) mass is 303 g/mol. The highest BCUT2D eigenvalue weighted by atomic mass is 79.9. The number of aliphatic hydroxyl groups is 1. The Morgan fingerprint density at radius 1 is 1.50 bits per heavy atom. The van der Waals surface area contributed by atoms with Gasteiger partial charge in [-0.1, -0.05) is 28.1 Å². The number of hydrogen-bond donors (Lipinski definition) is 2. The predicted octanol–water partition coefficient (Wildman–Crippen LogP) is 2.95. The molecule has 0 aliphatic heterocycles. The Morgan fingerprint density at radius 2 is 2.25 bits per heavy atom. The molecule has 0 bridgehead atoms. The molecule has 1 aromatic carbocycles. The zero-order valence-corrected chi connectivity index (χ0v) is 11.8. The van der Waals surface area contributed by atoms with Crippen LogP contribution >= 0.6 is 27.7 Å². The first-order chi connectivity index (χ1) is 7.65. The lowest BCUT2D eigenvalue weighted by atomic mass is 10.1. The van der Waals surface area contributed by atoms with Crippen LogP contribution in [0.4, 0.5) is 0 Å². The van der Waals surface area contributed by atoms with Gasteiger partial charge in [-0.25, -0.2) is 0 Å². The molecule has 1 rings (SSSR count). The molecule has 0 aromatic heterocycles. The van der Waals surface area contributed by atoms with Crippen molar-refractivity contribution in [1.29, 1.82) is 0 Å². The summed E-state index contributed by atoms with van der Waals surface area (Å²) >= 11 is 5.28. The SMILES string of the molecule is CC(N)C(SCCCO)c1cccc(Br)c1. The smallest absolute Gasteiger partial charge is 0.0446 e. The summed E-state index contributed by atoms with van der Waals surface area (Å²) in [7, 11) is 0. The number of nitrogens with two attached hydrogens (primary N) is 1. The molecule has 0 amide bonds. The minimum absolute atomic E-state index is 0.109. The van der Waals surface area contributed by atoms with Gasteiger partial charge in [0.05, 0.1) is 0 Å². The highest BCUT2D eigenvalue weighted by Crippen LogP contribution is 2.32. The topological polar surface area (TPSA) is 46.2 Å². The quantitative estimate of drug-likeness (QED) is 0.794.